The van der Waals surface area contributed by atoms with E-state index in [4.69, 9.17) is 4.74 Å². The molecule has 0 spiro atoms. The molecule has 2 rings (SSSR count). The van der Waals surface area contributed by atoms with Gasteiger partial charge >= 0.3 is 12.1 Å². The van der Waals surface area contributed by atoms with Gasteiger partial charge in [-0.25, -0.2) is 14.0 Å². The summed E-state index contributed by atoms with van der Waals surface area (Å²) in [5.74, 6) is -0.598. The van der Waals surface area contributed by atoms with E-state index in [0.29, 0.717) is 5.69 Å². The Morgan fingerprint density at radius 1 is 1.08 bits per heavy atom. The molecule has 3 amide bonds. The fraction of sp³-hybridized carbons (Fsp3) is 0.556. The highest BCUT2D eigenvalue weighted by atomic mass is 19.1. The molecule has 1 aromatic carbocycles. The van der Waals surface area contributed by atoms with Crippen LogP contribution in [0.4, 0.5) is 25.4 Å². The number of nitrogens with zero attached hydrogens (tertiary/aromatic N) is 1. The zero-order valence-electron chi connectivity index (χ0n) is 15.0. The molecule has 1 fully saturated rings. The van der Waals surface area contributed by atoms with Crippen molar-refractivity contribution in [1.82, 2.24) is 4.90 Å². The van der Waals surface area contributed by atoms with Gasteiger partial charge in [-0.3, -0.25) is 5.32 Å². The summed E-state index contributed by atoms with van der Waals surface area (Å²) in [7, 11) is 0. The minimum absolute atomic E-state index is 0.0390. The van der Waals surface area contributed by atoms with Crippen molar-refractivity contribution in [3.05, 3.63) is 24.0 Å². The van der Waals surface area contributed by atoms with E-state index in [1.165, 1.54) is 18.2 Å². The van der Waals surface area contributed by atoms with Crippen molar-refractivity contribution in [2.24, 2.45) is 0 Å². The van der Waals surface area contributed by atoms with Crippen LogP contribution in [0.1, 0.15) is 46.5 Å². The zero-order chi connectivity index (χ0) is 18.4. The van der Waals surface area contributed by atoms with Crippen LogP contribution >= 0.6 is 0 Å². The summed E-state index contributed by atoms with van der Waals surface area (Å²) in [6, 6.07) is 3.84. The van der Waals surface area contributed by atoms with Crippen LogP contribution in [0, 0.1) is 5.82 Å². The Morgan fingerprint density at radius 2 is 1.72 bits per heavy atom. The Balaban J connectivity index is 2.02. The third kappa shape index (κ3) is 6.25. The lowest BCUT2D eigenvalue weighted by Crippen LogP contribution is -2.35. The number of ether oxygens (including phenoxy) is 1. The van der Waals surface area contributed by atoms with Gasteiger partial charge in [0.15, 0.2) is 0 Å². The third-order valence-corrected chi connectivity index (χ3v) is 3.75. The summed E-state index contributed by atoms with van der Waals surface area (Å²) < 4.78 is 19.0. The van der Waals surface area contributed by atoms with Crippen LogP contribution in [-0.4, -0.2) is 35.7 Å². The van der Waals surface area contributed by atoms with Gasteiger partial charge in [0.1, 0.15) is 11.4 Å². The molecule has 0 saturated carbocycles. The second-order valence-electron chi connectivity index (χ2n) is 7.15. The van der Waals surface area contributed by atoms with Gasteiger partial charge in [-0.1, -0.05) is 12.8 Å². The summed E-state index contributed by atoms with van der Waals surface area (Å²) in [6.45, 7) is 6.61. The van der Waals surface area contributed by atoms with Crippen LogP contribution < -0.4 is 10.6 Å². The molecule has 2 N–H and O–H groups in total. The topological polar surface area (TPSA) is 70.7 Å². The van der Waals surface area contributed by atoms with Crippen LogP contribution in [-0.2, 0) is 4.74 Å². The number of likely N-dealkylation sites (tertiary alicyclic amines) is 1. The number of hydrogen-bond acceptors (Lipinski definition) is 3. The minimum atomic E-state index is -0.748. The first-order valence-corrected chi connectivity index (χ1v) is 8.60. The second kappa shape index (κ2) is 8.18. The second-order valence-corrected chi connectivity index (χ2v) is 7.15. The summed E-state index contributed by atoms with van der Waals surface area (Å²) in [4.78, 5) is 25.9. The molecule has 1 aliphatic rings. The molecule has 6 nitrogen and oxygen atoms in total. The fourth-order valence-electron chi connectivity index (χ4n) is 2.59. The minimum Gasteiger partial charge on any atom is -0.444 e. The maximum atomic E-state index is 13.9. The molecule has 138 valence electrons. The molecule has 7 heteroatoms. The number of anilines is 2. The van der Waals surface area contributed by atoms with Gasteiger partial charge in [-0.2, -0.15) is 0 Å². The summed E-state index contributed by atoms with van der Waals surface area (Å²) in [6.07, 6.45) is 3.49. The van der Waals surface area contributed by atoms with Crippen LogP contribution in [0.2, 0.25) is 0 Å². The molecule has 0 bridgehead atoms. The molecule has 0 unspecified atom stereocenters. The predicted molar refractivity (Wildman–Crippen MR) is 95.3 cm³/mol. The van der Waals surface area contributed by atoms with E-state index in [2.05, 4.69) is 10.6 Å². The fourth-order valence-corrected chi connectivity index (χ4v) is 2.59. The molecule has 25 heavy (non-hydrogen) atoms. The van der Waals surface area contributed by atoms with Gasteiger partial charge in [0.05, 0.1) is 5.69 Å². The molecular formula is C18H26FN3O3. The third-order valence-electron chi connectivity index (χ3n) is 3.75. The average Bonchev–Trinajstić information content (AvgIpc) is 2.78. The van der Waals surface area contributed by atoms with Crippen LogP contribution in [0.3, 0.4) is 0 Å². The van der Waals surface area contributed by atoms with Crippen molar-refractivity contribution < 1.29 is 18.7 Å². The maximum absolute atomic E-state index is 13.9. The van der Waals surface area contributed by atoms with E-state index < -0.39 is 17.5 Å². The lowest BCUT2D eigenvalue weighted by atomic mass is 10.2. The van der Waals surface area contributed by atoms with Crippen molar-refractivity contribution in [3.8, 4) is 0 Å². The van der Waals surface area contributed by atoms with E-state index in [9.17, 15) is 14.0 Å². The molecule has 0 radical (unpaired) electrons. The Hall–Kier alpha value is -2.31. The van der Waals surface area contributed by atoms with Gasteiger partial charge in [0.2, 0.25) is 0 Å². The molecule has 0 atom stereocenters. The first kappa shape index (κ1) is 19.0. The monoisotopic (exact) mass is 351 g/mol. The number of rotatable bonds is 2. The number of hydrogen-bond donors (Lipinski definition) is 2. The van der Waals surface area contributed by atoms with Crippen molar-refractivity contribution in [2.45, 2.75) is 52.1 Å². The molecular weight excluding hydrogens is 325 g/mol. The summed E-state index contributed by atoms with van der Waals surface area (Å²) >= 11 is 0. The smallest absolute Gasteiger partial charge is 0.412 e. The maximum Gasteiger partial charge on any atom is 0.412 e. The lowest BCUT2D eigenvalue weighted by Gasteiger charge is -2.21. The first-order chi connectivity index (χ1) is 11.7. The van der Waals surface area contributed by atoms with Gasteiger partial charge in [-0.05, 0) is 51.8 Å². The molecule has 1 aliphatic heterocycles. The highest BCUT2D eigenvalue weighted by molar-refractivity contribution is 5.91. The number of nitrogens with one attached hydrogen (secondary N) is 2. The van der Waals surface area contributed by atoms with E-state index >= 15 is 0 Å². The number of benzene rings is 1. The average molecular weight is 351 g/mol. The van der Waals surface area contributed by atoms with Gasteiger partial charge in [0.25, 0.3) is 0 Å². The Bertz CT molecular complexity index is 620. The number of carbonyl (C=O) groups is 2. The van der Waals surface area contributed by atoms with E-state index in [0.717, 1.165) is 38.8 Å². The standard InChI is InChI=1S/C18H26FN3O3/c1-18(2,3)25-17(24)21-15-12-13(8-9-14(15)19)20-16(23)22-10-6-4-5-7-11-22/h8-9,12H,4-7,10-11H2,1-3H3,(H,20,23)(H,21,24). The van der Waals surface area contributed by atoms with E-state index in [1.807, 2.05) is 0 Å². The van der Waals surface area contributed by atoms with Crippen LogP contribution in [0.5, 0.6) is 0 Å². The Labute approximate surface area is 147 Å². The largest absolute Gasteiger partial charge is 0.444 e. The number of carbonyl (C=O) groups excluding carboxylic acids is 2. The van der Waals surface area contributed by atoms with Gasteiger partial charge < -0.3 is 15.0 Å². The Kier molecular flexibility index (Phi) is 6.22. The van der Waals surface area contributed by atoms with Gasteiger partial charge in [0, 0.05) is 18.8 Å². The highest BCUT2D eigenvalue weighted by Crippen LogP contribution is 2.21. The Morgan fingerprint density at radius 3 is 2.32 bits per heavy atom. The normalized spacial score (nSPS) is 15.3. The van der Waals surface area contributed by atoms with E-state index in [1.54, 1.807) is 25.7 Å². The van der Waals surface area contributed by atoms with Crippen molar-refractivity contribution in [1.29, 1.82) is 0 Å². The van der Waals surface area contributed by atoms with Crippen molar-refractivity contribution >= 4 is 23.5 Å². The number of urea groups is 1. The summed E-state index contributed by atoms with van der Waals surface area (Å²) in [5, 5.41) is 5.13. The first-order valence-electron chi connectivity index (χ1n) is 8.60. The SMILES string of the molecule is CC(C)(C)OC(=O)Nc1cc(NC(=O)N2CCCCCC2)ccc1F. The zero-order valence-corrected chi connectivity index (χ0v) is 15.0. The van der Waals surface area contributed by atoms with Crippen molar-refractivity contribution in [2.75, 3.05) is 23.7 Å². The highest BCUT2D eigenvalue weighted by Gasteiger charge is 2.19. The summed E-state index contributed by atoms with van der Waals surface area (Å²) in [5.41, 5.74) is -0.302. The number of halogens is 1. The molecule has 1 saturated heterocycles. The van der Waals surface area contributed by atoms with Crippen LogP contribution in [0.15, 0.2) is 18.2 Å². The lowest BCUT2D eigenvalue weighted by molar-refractivity contribution is 0.0635. The molecule has 0 aromatic heterocycles. The molecule has 1 heterocycles. The quantitative estimate of drug-likeness (QED) is 0.819. The number of amides is 3. The van der Waals surface area contributed by atoms with Gasteiger partial charge in [-0.15, -0.1) is 0 Å². The molecule has 0 aliphatic carbocycles. The van der Waals surface area contributed by atoms with E-state index in [-0.39, 0.29) is 11.7 Å². The van der Waals surface area contributed by atoms with Crippen LogP contribution in [0.25, 0.3) is 0 Å². The predicted octanol–water partition coefficient (Wildman–Crippen LogP) is 4.58. The molecule has 1 aromatic rings. The van der Waals surface area contributed by atoms with Crippen molar-refractivity contribution in [3.63, 3.8) is 0 Å².